The van der Waals surface area contributed by atoms with Crippen LogP contribution >= 0.6 is 0 Å². The number of hydrogen-bond donors (Lipinski definition) is 0. The molecule has 0 fully saturated rings. The Morgan fingerprint density at radius 2 is 0.981 bits per heavy atom. The zero-order valence-electron chi connectivity index (χ0n) is 28.0. The van der Waals surface area contributed by atoms with E-state index >= 15 is 0 Å². The first-order chi connectivity index (χ1) is 25.8. The number of benzene rings is 8. The van der Waals surface area contributed by atoms with E-state index in [4.69, 9.17) is 9.97 Å². The summed E-state index contributed by atoms with van der Waals surface area (Å²) in [6.07, 6.45) is 0. The standard InChI is InChI=1S/C48H28N4/c1-2-11-29(12-3-1)30-21-23-32(24-22-30)45-48(50-46-33-14-5-4-13-31(33)25-27-38(46)49-45)52-41-20-10-17-36-34-15-6-8-18-39(34)51-40-19-9-7-16-35(40)37-26-28-42(52)44(43(36)41)47(37)51/h1-28H. The van der Waals surface area contributed by atoms with Crippen molar-refractivity contribution in [2.24, 2.45) is 0 Å². The number of rotatable bonds is 3. The average Bonchev–Trinajstić information content (AvgIpc) is 3.69. The Bertz CT molecular complexity index is 3390. The molecule has 4 aromatic heterocycles. The monoisotopic (exact) mass is 660 g/mol. The average molecular weight is 661 g/mol. The summed E-state index contributed by atoms with van der Waals surface area (Å²) in [5.74, 6) is 0.823. The highest BCUT2D eigenvalue weighted by atomic mass is 15.1. The fourth-order valence-electron chi connectivity index (χ4n) is 8.78. The van der Waals surface area contributed by atoms with E-state index < -0.39 is 0 Å². The lowest BCUT2D eigenvalue weighted by Crippen LogP contribution is -2.04. The molecule has 0 spiro atoms. The lowest BCUT2D eigenvalue weighted by molar-refractivity contribution is 1.08. The molecule has 4 heterocycles. The first-order valence-corrected chi connectivity index (χ1v) is 17.8. The van der Waals surface area contributed by atoms with E-state index in [1.54, 1.807) is 0 Å². The summed E-state index contributed by atoms with van der Waals surface area (Å²) < 4.78 is 4.85. The van der Waals surface area contributed by atoms with Gasteiger partial charge in [-0.1, -0.05) is 140 Å². The first-order valence-electron chi connectivity index (χ1n) is 17.8. The Morgan fingerprint density at radius 1 is 0.365 bits per heavy atom. The summed E-state index contributed by atoms with van der Waals surface area (Å²) in [6, 6.07) is 61.0. The molecule has 0 saturated heterocycles. The third kappa shape index (κ3) is 3.65. The highest BCUT2D eigenvalue weighted by Gasteiger charge is 2.25. The number of hydrogen-bond acceptors (Lipinski definition) is 2. The Balaban J connectivity index is 1.27. The van der Waals surface area contributed by atoms with Crippen molar-refractivity contribution in [1.29, 1.82) is 0 Å². The second-order valence-electron chi connectivity index (χ2n) is 13.8. The molecule has 0 aliphatic heterocycles. The van der Waals surface area contributed by atoms with Gasteiger partial charge in [0.15, 0.2) is 5.82 Å². The van der Waals surface area contributed by atoms with Crippen molar-refractivity contribution < 1.29 is 0 Å². The smallest absolute Gasteiger partial charge is 0.165 e. The molecule has 12 aromatic rings. The lowest BCUT2D eigenvalue weighted by atomic mass is 10.0. The second kappa shape index (κ2) is 10.3. The van der Waals surface area contributed by atoms with E-state index in [2.05, 4.69) is 179 Å². The Morgan fingerprint density at radius 3 is 1.79 bits per heavy atom. The van der Waals surface area contributed by atoms with Crippen LogP contribution in [-0.4, -0.2) is 18.9 Å². The molecule has 0 saturated carbocycles. The van der Waals surface area contributed by atoms with Crippen molar-refractivity contribution in [1.82, 2.24) is 18.9 Å². The summed E-state index contributed by atoms with van der Waals surface area (Å²) in [5, 5.41) is 9.67. The maximum Gasteiger partial charge on any atom is 0.165 e. The highest BCUT2D eigenvalue weighted by molar-refractivity contribution is 6.33. The molecule has 0 bridgehead atoms. The molecule has 0 N–H and O–H groups in total. The molecule has 0 aliphatic carbocycles. The van der Waals surface area contributed by atoms with Crippen molar-refractivity contribution >= 4 is 81.7 Å². The Labute approximate surface area is 297 Å². The van der Waals surface area contributed by atoms with Gasteiger partial charge < -0.3 is 4.40 Å². The largest absolute Gasteiger partial charge is 0.308 e. The van der Waals surface area contributed by atoms with Crippen LogP contribution in [0, 0.1) is 0 Å². The third-order valence-electron chi connectivity index (χ3n) is 11.0. The van der Waals surface area contributed by atoms with E-state index in [1.807, 2.05) is 0 Å². The predicted molar refractivity (Wildman–Crippen MR) is 217 cm³/mol. The zero-order valence-corrected chi connectivity index (χ0v) is 28.0. The van der Waals surface area contributed by atoms with Gasteiger partial charge in [0.05, 0.1) is 38.6 Å². The SMILES string of the molecule is c1ccc(-c2ccc(-c3nc4ccc5ccccc5c4nc3-n3c4cccc5c6ccccc6n6c7ccccc7c7ccc3c(c54)c76)cc2)cc1. The molecule has 4 heteroatoms. The number of fused-ring (bicyclic) bond motifs is 9. The first kappa shape index (κ1) is 27.7. The van der Waals surface area contributed by atoms with E-state index in [9.17, 15) is 0 Å². The molecule has 0 atom stereocenters. The molecular weight excluding hydrogens is 633 g/mol. The highest BCUT2D eigenvalue weighted by Crippen LogP contribution is 2.46. The van der Waals surface area contributed by atoms with Crippen molar-refractivity contribution in [2.45, 2.75) is 0 Å². The van der Waals surface area contributed by atoms with Crippen LogP contribution in [0.5, 0.6) is 0 Å². The topological polar surface area (TPSA) is 35.1 Å². The van der Waals surface area contributed by atoms with E-state index in [-0.39, 0.29) is 0 Å². The van der Waals surface area contributed by atoms with E-state index in [1.165, 1.54) is 60.0 Å². The van der Waals surface area contributed by atoms with Crippen LogP contribution in [0.4, 0.5) is 0 Å². The van der Waals surface area contributed by atoms with Crippen LogP contribution in [0.15, 0.2) is 170 Å². The molecular formula is C48H28N4. The van der Waals surface area contributed by atoms with Gasteiger partial charge in [0.1, 0.15) is 5.69 Å². The van der Waals surface area contributed by atoms with Gasteiger partial charge in [-0.05, 0) is 52.2 Å². The summed E-state index contributed by atoms with van der Waals surface area (Å²) in [5.41, 5.74) is 11.9. The van der Waals surface area contributed by atoms with E-state index in [0.717, 1.165) is 49.9 Å². The molecule has 0 amide bonds. The van der Waals surface area contributed by atoms with Crippen molar-refractivity contribution in [2.75, 3.05) is 0 Å². The van der Waals surface area contributed by atoms with Crippen molar-refractivity contribution in [3.8, 4) is 28.2 Å². The molecule has 8 aromatic carbocycles. The summed E-state index contributed by atoms with van der Waals surface area (Å²) in [7, 11) is 0. The van der Waals surface area contributed by atoms with Gasteiger partial charge in [0, 0.05) is 37.9 Å². The van der Waals surface area contributed by atoms with Gasteiger partial charge in [0.25, 0.3) is 0 Å². The molecule has 4 nitrogen and oxygen atoms in total. The Hall–Kier alpha value is -7.04. The van der Waals surface area contributed by atoms with Crippen LogP contribution in [0.3, 0.4) is 0 Å². The molecule has 52 heavy (non-hydrogen) atoms. The van der Waals surface area contributed by atoms with Crippen LogP contribution in [0.1, 0.15) is 0 Å². The van der Waals surface area contributed by atoms with Gasteiger partial charge >= 0.3 is 0 Å². The summed E-state index contributed by atoms with van der Waals surface area (Å²) >= 11 is 0. The quantitative estimate of drug-likeness (QED) is 0.177. The molecule has 0 aliphatic rings. The Kier molecular flexibility index (Phi) is 5.47. The summed E-state index contributed by atoms with van der Waals surface area (Å²) in [6.45, 7) is 0. The molecule has 0 radical (unpaired) electrons. The van der Waals surface area contributed by atoms with Crippen LogP contribution < -0.4 is 0 Å². The second-order valence-corrected chi connectivity index (χ2v) is 13.8. The van der Waals surface area contributed by atoms with Gasteiger partial charge in [-0.15, -0.1) is 0 Å². The van der Waals surface area contributed by atoms with Crippen LogP contribution in [0.2, 0.25) is 0 Å². The molecule has 0 unspecified atom stereocenters. The minimum absolute atomic E-state index is 0.823. The normalized spacial score (nSPS) is 12.2. The van der Waals surface area contributed by atoms with Gasteiger partial charge in [-0.2, -0.15) is 0 Å². The minimum atomic E-state index is 0.823. The zero-order chi connectivity index (χ0) is 33.9. The van der Waals surface area contributed by atoms with Crippen molar-refractivity contribution in [3.05, 3.63) is 170 Å². The van der Waals surface area contributed by atoms with Crippen molar-refractivity contribution in [3.63, 3.8) is 0 Å². The van der Waals surface area contributed by atoms with Gasteiger partial charge in [-0.3, -0.25) is 4.57 Å². The number of nitrogens with zero attached hydrogens (tertiary/aromatic N) is 4. The maximum absolute atomic E-state index is 5.63. The molecule has 12 rings (SSSR count). The fourth-order valence-corrected chi connectivity index (χ4v) is 8.78. The van der Waals surface area contributed by atoms with E-state index in [0.29, 0.717) is 0 Å². The van der Waals surface area contributed by atoms with Crippen LogP contribution in [0.25, 0.3) is 110 Å². The maximum atomic E-state index is 5.63. The summed E-state index contributed by atoms with van der Waals surface area (Å²) in [4.78, 5) is 11.1. The predicted octanol–water partition coefficient (Wildman–Crippen LogP) is 12.4. The lowest BCUT2D eigenvalue weighted by Gasteiger charge is -2.15. The van der Waals surface area contributed by atoms with Crippen LogP contribution in [-0.2, 0) is 0 Å². The van der Waals surface area contributed by atoms with Gasteiger partial charge in [-0.25, -0.2) is 9.97 Å². The third-order valence-corrected chi connectivity index (χ3v) is 11.0. The number of aromatic nitrogens is 4. The number of para-hydroxylation sites is 2. The fraction of sp³-hybridized carbons (Fsp3) is 0. The molecule has 240 valence electrons. The van der Waals surface area contributed by atoms with Gasteiger partial charge in [0.2, 0.25) is 0 Å². The minimum Gasteiger partial charge on any atom is -0.308 e.